The third-order valence-corrected chi connectivity index (χ3v) is 2.98. The van der Waals surface area contributed by atoms with Crippen LogP contribution < -0.4 is 0 Å². The number of imidazole rings is 1. The maximum Gasteiger partial charge on any atom is 0.140 e. The Kier molecular flexibility index (Phi) is 2.54. The normalized spacial score (nSPS) is 11.1. The molecule has 2 rings (SSSR count). The fourth-order valence-electron chi connectivity index (χ4n) is 1.59. The number of aryl methyl sites for hydroxylation is 2. The number of pyridine rings is 1. The smallest absolute Gasteiger partial charge is 0.140 e. The van der Waals surface area contributed by atoms with Crippen LogP contribution in [0.25, 0.3) is 5.65 Å². The van der Waals surface area contributed by atoms with E-state index in [1.165, 1.54) is 0 Å². The molecule has 0 fully saturated rings. The highest BCUT2D eigenvalue weighted by molar-refractivity contribution is 9.10. The second-order valence-corrected chi connectivity index (χ2v) is 4.50. The van der Waals surface area contributed by atoms with Crippen LogP contribution in [0.2, 0.25) is 0 Å². The first kappa shape index (κ1) is 9.99. The van der Waals surface area contributed by atoms with Gasteiger partial charge in [-0.05, 0) is 41.4 Å². The van der Waals surface area contributed by atoms with Gasteiger partial charge in [-0.15, -0.1) is 11.6 Å². The summed E-state index contributed by atoms with van der Waals surface area (Å²) < 4.78 is 3.09. The topological polar surface area (TPSA) is 17.3 Å². The minimum Gasteiger partial charge on any atom is -0.301 e. The molecule has 0 saturated carbocycles. The number of nitrogens with zero attached hydrogens (tertiary/aromatic N) is 2. The van der Waals surface area contributed by atoms with Crippen molar-refractivity contribution in [3.8, 4) is 0 Å². The summed E-state index contributed by atoms with van der Waals surface area (Å²) in [6.07, 6.45) is 2.00. The first-order chi connectivity index (χ1) is 6.63. The van der Waals surface area contributed by atoms with E-state index < -0.39 is 0 Å². The number of hydrogen-bond acceptors (Lipinski definition) is 1. The van der Waals surface area contributed by atoms with Crippen molar-refractivity contribution >= 4 is 33.2 Å². The molecule has 0 saturated heterocycles. The minimum atomic E-state index is 0.489. The Morgan fingerprint density at radius 2 is 2.21 bits per heavy atom. The molecule has 74 valence electrons. The summed E-state index contributed by atoms with van der Waals surface area (Å²) in [7, 11) is 0. The molecule has 0 bridgehead atoms. The van der Waals surface area contributed by atoms with Gasteiger partial charge in [-0.1, -0.05) is 0 Å². The van der Waals surface area contributed by atoms with Gasteiger partial charge in [0.1, 0.15) is 5.65 Å². The van der Waals surface area contributed by atoms with Crippen LogP contribution >= 0.6 is 27.5 Å². The molecule has 0 atom stereocenters. The number of hydrogen-bond donors (Lipinski definition) is 0. The lowest BCUT2D eigenvalue weighted by atomic mass is 10.3. The molecule has 4 heteroatoms. The van der Waals surface area contributed by atoms with Gasteiger partial charge in [-0.25, -0.2) is 4.98 Å². The van der Waals surface area contributed by atoms with E-state index in [4.69, 9.17) is 11.6 Å². The lowest BCUT2D eigenvalue weighted by molar-refractivity contribution is 1.06. The van der Waals surface area contributed by atoms with E-state index in [1.54, 1.807) is 0 Å². The van der Waals surface area contributed by atoms with Crippen LogP contribution in [-0.2, 0) is 5.88 Å². The average molecular weight is 274 g/mol. The summed E-state index contributed by atoms with van der Waals surface area (Å²) in [5.74, 6) is 0.489. The maximum atomic E-state index is 5.88. The lowest BCUT2D eigenvalue weighted by Gasteiger charge is -2.01. The van der Waals surface area contributed by atoms with Crippen LogP contribution in [0.15, 0.2) is 16.7 Å². The number of fused-ring (bicyclic) bond motifs is 1. The second kappa shape index (κ2) is 3.55. The summed E-state index contributed by atoms with van der Waals surface area (Å²) in [5.41, 5.74) is 4.20. The zero-order chi connectivity index (χ0) is 10.3. The van der Waals surface area contributed by atoms with Crippen LogP contribution in [0, 0.1) is 13.8 Å². The predicted octanol–water partition coefficient (Wildman–Crippen LogP) is 3.45. The fraction of sp³-hybridized carbons (Fsp3) is 0.300. The summed E-state index contributed by atoms with van der Waals surface area (Å²) in [5, 5.41) is 0. The van der Waals surface area contributed by atoms with E-state index in [0.29, 0.717) is 5.88 Å². The zero-order valence-electron chi connectivity index (χ0n) is 8.01. The van der Waals surface area contributed by atoms with Crippen molar-refractivity contribution in [3.05, 3.63) is 33.7 Å². The van der Waals surface area contributed by atoms with E-state index in [1.807, 2.05) is 24.4 Å². The Labute approximate surface area is 96.0 Å². The fourth-order valence-corrected chi connectivity index (χ4v) is 2.46. The SMILES string of the molecule is Cc1nc2c(C)cc(Br)cn2c1CCl. The van der Waals surface area contributed by atoms with Gasteiger partial charge in [0.2, 0.25) is 0 Å². The van der Waals surface area contributed by atoms with E-state index >= 15 is 0 Å². The monoisotopic (exact) mass is 272 g/mol. The molecule has 2 aromatic heterocycles. The van der Waals surface area contributed by atoms with Crippen molar-refractivity contribution in [2.75, 3.05) is 0 Å². The molecular weight excluding hydrogens is 263 g/mol. The van der Waals surface area contributed by atoms with E-state index in [2.05, 4.69) is 27.0 Å². The van der Waals surface area contributed by atoms with Crippen molar-refractivity contribution in [2.24, 2.45) is 0 Å². The number of rotatable bonds is 1. The van der Waals surface area contributed by atoms with Gasteiger partial charge in [0, 0.05) is 10.7 Å². The maximum absolute atomic E-state index is 5.88. The number of aromatic nitrogens is 2. The molecule has 0 aliphatic rings. The number of alkyl halides is 1. The second-order valence-electron chi connectivity index (χ2n) is 3.31. The van der Waals surface area contributed by atoms with Gasteiger partial charge in [0.15, 0.2) is 0 Å². The van der Waals surface area contributed by atoms with Gasteiger partial charge in [0.05, 0.1) is 17.3 Å². The molecule has 2 aromatic rings. The highest BCUT2D eigenvalue weighted by Gasteiger charge is 2.09. The van der Waals surface area contributed by atoms with E-state index in [9.17, 15) is 0 Å². The summed E-state index contributed by atoms with van der Waals surface area (Å²) in [6, 6.07) is 2.06. The molecule has 14 heavy (non-hydrogen) atoms. The molecular formula is C10H10BrClN2. The molecule has 0 amide bonds. The molecule has 0 aliphatic heterocycles. The van der Waals surface area contributed by atoms with Gasteiger partial charge < -0.3 is 4.40 Å². The molecule has 0 aliphatic carbocycles. The van der Waals surface area contributed by atoms with Crippen LogP contribution in [0.1, 0.15) is 17.0 Å². The van der Waals surface area contributed by atoms with Crippen LogP contribution in [-0.4, -0.2) is 9.38 Å². The zero-order valence-corrected chi connectivity index (χ0v) is 10.4. The van der Waals surface area contributed by atoms with Crippen LogP contribution in [0.5, 0.6) is 0 Å². The van der Waals surface area contributed by atoms with Crippen molar-refractivity contribution in [1.82, 2.24) is 9.38 Å². The van der Waals surface area contributed by atoms with Gasteiger partial charge in [0.25, 0.3) is 0 Å². The van der Waals surface area contributed by atoms with Crippen LogP contribution in [0.3, 0.4) is 0 Å². The van der Waals surface area contributed by atoms with E-state index in [0.717, 1.165) is 27.1 Å². The van der Waals surface area contributed by atoms with Gasteiger partial charge in [-0.2, -0.15) is 0 Å². The summed E-state index contributed by atoms with van der Waals surface area (Å²) in [6.45, 7) is 4.03. The Hall–Kier alpha value is -0.540. The minimum absolute atomic E-state index is 0.489. The molecule has 0 radical (unpaired) electrons. The molecule has 2 nitrogen and oxygen atoms in total. The van der Waals surface area contributed by atoms with Gasteiger partial charge >= 0.3 is 0 Å². The molecule has 0 N–H and O–H groups in total. The van der Waals surface area contributed by atoms with Crippen molar-refractivity contribution in [3.63, 3.8) is 0 Å². The van der Waals surface area contributed by atoms with E-state index in [-0.39, 0.29) is 0 Å². The Balaban J connectivity index is 2.87. The first-order valence-corrected chi connectivity index (χ1v) is 5.66. The Morgan fingerprint density at radius 3 is 2.86 bits per heavy atom. The molecule has 0 spiro atoms. The third kappa shape index (κ3) is 1.44. The van der Waals surface area contributed by atoms with Gasteiger partial charge in [-0.3, -0.25) is 0 Å². The predicted molar refractivity (Wildman–Crippen MR) is 61.9 cm³/mol. The Bertz CT molecular complexity index is 490. The standard InChI is InChI=1S/C10H10BrClN2/c1-6-3-8(11)5-14-9(4-12)7(2)13-10(6)14/h3,5H,4H2,1-2H3. The first-order valence-electron chi connectivity index (χ1n) is 4.33. The highest BCUT2D eigenvalue weighted by Crippen LogP contribution is 2.21. The van der Waals surface area contributed by atoms with Crippen LogP contribution in [0.4, 0.5) is 0 Å². The summed E-state index contributed by atoms with van der Waals surface area (Å²) >= 11 is 9.35. The van der Waals surface area contributed by atoms with Crippen molar-refractivity contribution in [1.29, 1.82) is 0 Å². The quantitative estimate of drug-likeness (QED) is 0.728. The molecule has 2 heterocycles. The van der Waals surface area contributed by atoms with Crippen molar-refractivity contribution in [2.45, 2.75) is 19.7 Å². The number of halogens is 2. The largest absolute Gasteiger partial charge is 0.301 e. The Morgan fingerprint density at radius 1 is 1.50 bits per heavy atom. The third-order valence-electron chi connectivity index (χ3n) is 2.30. The average Bonchev–Trinajstić information content (AvgIpc) is 2.41. The van der Waals surface area contributed by atoms with Crippen molar-refractivity contribution < 1.29 is 0 Å². The summed E-state index contributed by atoms with van der Waals surface area (Å²) in [4.78, 5) is 4.48. The highest BCUT2D eigenvalue weighted by atomic mass is 79.9. The molecule has 0 unspecified atom stereocenters. The lowest BCUT2D eigenvalue weighted by Crippen LogP contribution is -1.92. The molecule has 0 aromatic carbocycles.